The van der Waals surface area contributed by atoms with E-state index in [0.717, 1.165) is 17.5 Å². The highest BCUT2D eigenvalue weighted by Gasteiger charge is 2.22. The number of benzene rings is 1. The third-order valence-electron chi connectivity index (χ3n) is 2.41. The predicted molar refractivity (Wildman–Crippen MR) is 55.4 cm³/mol. The Morgan fingerprint density at radius 2 is 2.21 bits per heavy atom. The largest absolute Gasteiger partial charge is 0.490 e. The Labute approximate surface area is 88.7 Å². The molecule has 0 saturated heterocycles. The van der Waals surface area contributed by atoms with Crippen molar-refractivity contribution in [3.05, 3.63) is 29.1 Å². The molecule has 0 saturated carbocycles. The lowest BCUT2D eigenvalue weighted by atomic mass is 9.96. The van der Waals surface area contributed by atoms with Crippen LogP contribution in [0.4, 0.5) is 4.39 Å². The van der Waals surface area contributed by atoms with Gasteiger partial charge in [-0.25, -0.2) is 4.39 Å². The standard InChI is InChI=1S/C10H12FNO.ClH/c1-6-2-3-7(11)10-9(6)8(12)4-5-13-10;/h2-3,8H,4-5,12H2,1H3;1H/t8-;/m1./s1. The second kappa shape index (κ2) is 4.15. The second-order valence-corrected chi connectivity index (χ2v) is 3.35. The van der Waals surface area contributed by atoms with Crippen molar-refractivity contribution >= 4 is 12.4 Å². The molecule has 0 bridgehead atoms. The van der Waals surface area contributed by atoms with Gasteiger partial charge in [0.1, 0.15) is 0 Å². The second-order valence-electron chi connectivity index (χ2n) is 3.35. The first kappa shape index (κ1) is 11.3. The van der Waals surface area contributed by atoms with Gasteiger partial charge in [0.15, 0.2) is 11.6 Å². The van der Waals surface area contributed by atoms with E-state index in [9.17, 15) is 4.39 Å². The fraction of sp³-hybridized carbons (Fsp3) is 0.400. The average Bonchev–Trinajstić information content (AvgIpc) is 2.12. The van der Waals surface area contributed by atoms with Gasteiger partial charge < -0.3 is 10.5 Å². The number of halogens is 2. The van der Waals surface area contributed by atoms with E-state index >= 15 is 0 Å². The molecule has 2 N–H and O–H groups in total. The van der Waals surface area contributed by atoms with Crippen LogP contribution in [-0.4, -0.2) is 6.61 Å². The minimum absolute atomic E-state index is 0. The van der Waals surface area contributed by atoms with Crippen molar-refractivity contribution in [1.29, 1.82) is 0 Å². The molecule has 1 atom stereocenters. The van der Waals surface area contributed by atoms with Crippen LogP contribution in [0.25, 0.3) is 0 Å². The Morgan fingerprint density at radius 1 is 1.50 bits per heavy atom. The summed E-state index contributed by atoms with van der Waals surface area (Å²) in [6.45, 7) is 2.43. The van der Waals surface area contributed by atoms with Crippen molar-refractivity contribution in [1.82, 2.24) is 0 Å². The molecule has 1 heterocycles. The van der Waals surface area contributed by atoms with Crippen molar-refractivity contribution < 1.29 is 9.13 Å². The monoisotopic (exact) mass is 217 g/mol. The first-order valence-corrected chi connectivity index (χ1v) is 4.37. The number of hydrogen-bond donors (Lipinski definition) is 1. The fourth-order valence-electron chi connectivity index (χ4n) is 1.71. The number of aryl methyl sites for hydroxylation is 1. The molecule has 4 heteroatoms. The predicted octanol–water partition coefficient (Wildman–Crippen LogP) is 2.34. The summed E-state index contributed by atoms with van der Waals surface area (Å²) in [6.07, 6.45) is 0.761. The van der Waals surface area contributed by atoms with Gasteiger partial charge in [0, 0.05) is 18.0 Å². The Kier molecular flexibility index (Phi) is 3.34. The quantitative estimate of drug-likeness (QED) is 0.724. The third-order valence-corrected chi connectivity index (χ3v) is 2.41. The Bertz CT molecular complexity index is 343. The van der Waals surface area contributed by atoms with E-state index in [1.165, 1.54) is 6.07 Å². The van der Waals surface area contributed by atoms with Gasteiger partial charge in [-0.1, -0.05) is 6.07 Å². The number of ether oxygens (including phenoxy) is 1. The van der Waals surface area contributed by atoms with Crippen molar-refractivity contribution in [3.8, 4) is 5.75 Å². The minimum atomic E-state index is -0.309. The Morgan fingerprint density at radius 3 is 2.86 bits per heavy atom. The molecule has 0 radical (unpaired) electrons. The van der Waals surface area contributed by atoms with Gasteiger partial charge in [-0.05, 0) is 18.6 Å². The van der Waals surface area contributed by atoms with E-state index in [1.54, 1.807) is 6.07 Å². The molecule has 1 aromatic rings. The van der Waals surface area contributed by atoms with E-state index in [1.807, 2.05) is 6.92 Å². The SMILES string of the molecule is Cc1ccc(F)c2c1[C@H](N)CCO2.Cl. The fourth-order valence-corrected chi connectivity index (χ4v) is 1.71. The van der Waals surface area contributed by atoms with Gasteiger partial charge in [-0.15, -0.1) is 12.4 Å². The molecule has 2 rings (SSSR count). The van der Waals surface area contributed by atoms with Crippen LogP contribution in [0.15, 0.2) is 12.1 Å². The zero-order valence-electron chi connectivity index (χ0n) is 7.92. The maximum atomic E-state index is 13.2. The Balaban J connectivity index is 0.000000980. The molecular weight excluding hydrogens is 205 g/mol. The van der Waals surface area contributed by atoms with Crippen LogP contribution in [0.1, 0.15) is 23.6 Å². The molecule has 0 aliphatic carbocycles. The van der Waals surface area contributed by atoms with Crippen molar-refractivity contribution in [3.63, 3.8) is 0 Å². The molecule has 2 nitrogen and oxygen atoms in total. The number of hydrogen-bond acceptors (Lipinski definition) is 2. The minimum Gasteiger partial charge on any atom is -0.490 e. The van der Waals surface area contributed by atoms with Crippen LogP contribution in [-0.2, 0) is 0 Å². The molecule has 78 valence electrons. The summed E-state index contributed by atoms with van der Waals surface area (Å²) in [6, 6.07) is 3.08. The van der Waals surface area contributed by atoms with E-state index in [2.05, 4.69) is 0 Å². The summed E-state index contributed by atoms with van der Waals surface area (Å²) in [5.74, 6) is 0.0366. The topological polar surface area (TPSA) is 35.2 Å². The van der Waals surface area contributed by atoms with Crippen molar-refractivity contribution in [2.45, 2.75) is 19.4 Å². The molecule has 1 aromatic carbocycles. The Hall–Kier alpha value is -0.800. The average molecular weight is 218 g/mol. The highest BCUT2D eigenvalue weighted by Crippen LogP contribution is 2.35. The van der Waals surface area contributed by atoms with Gasteiger partial charge in [0.2, 0.25) is 0 Å². The maximum absolute atomic E-state index is 13.2. The van der Waals surface area contributed by atoms with Crippen LogP contribution in [0, 0.1) is 12.7 Å². The van der Waals surface area contributed by atoms with E-state index in [0.29, 0.717) is 12.4 Å². The van der Waals surface area contributed by atoms with Crippen molar-refractivity contribution in [2.24, 2.45) is 5.73 Å². The third kappa shape index (κ3) is 1.70. The van der Waals surface area contributed by atoms with E-state index in [-0.39, 0.29) is 24.3 Å². The molecule has 1 aliphatic rings. The zero-order chi connectivity index (χ0) is 9.42. The van der Waals surface area contributed by atoms with Crippen LogP contribution >= 0.6 is 12.4 Å². The molecule has 0 unspecified atom stereocenters. The molecule has 1 aliphatic heterocycles. The summed E-state index contributed by atoms with van der Waals surface area (Å²) < 4.78 is 18.5. The first-order chi connectivity index (χ1) is 6.20. The van der Waals surface area contributed by atoms with Gasteiger partial charge in [0.05, 0.1) is 6.61 Å². The molecule has 0 fully saturated rings. The number of rotatable bonds is 0. The summed E-state index contributed by atoms with van der Waals surface area (Å²) in [5, 5.41) is 0. The summed E-state index contributed by atoms with van der Waals surface area (Å²) >= 11 is 0. The molecule has 0 spiro atoms. The summed E-state index contributed by atoms with van der Waals surface area (Å²) in [4.78, 5) is 0. The summed E-state index contributed by atoms with van der Waals surface area (Å²) in [5.41, 5.74) is 7.70. The lowest BCUT2D eigenvalue weighted by molar-refractivity contribution is 0.255. The highest BCUT2D eigenvalue weighted by molar-refractivity contribution is 5.85. The van der Waals surface area contributed by atoms with Crippen molar-refractivity contribution in [2.75, 3.05) is 6.61 Å². The van der Waals surface area contributed by atoms with Crippen LogP contribution in [0.3, 0.4) is 0 Å². The lowest BCUT2D eigenvalue weighted by Crippen LogP contribution is -2.22. The summed E-state index contributed by atoms with van der Waals surface area (Å²) in [7, 11) is 0. The van der Waals surface area contributed by atoms with Gasteiger partial charge >= 0.3 is 0 Å². The molecular formula is C10H13ClFNO. The normalized spacial score (nSPS) is 19.2. The van der Waals surface area contributed by atoms with Crippen LogP contribution in [0.2, 0.25) is 0 Å². The number of nitrogens with two attached hydrogens (primary N) is 1. The molecule has 14 heavy (non-hydrogen) atoms. The maximum Gasteiger partial charge on any atom is 0.165 e. The first-order valence-electron chi connectivity index (χ1n) is 4.37. The molecule has 0 aromatic heterocycles. The lowest BCUT2D eigenvalue weighted by Gasteiger charge is -2.24. The van der Waals surface area contributed by atoms with Gasteiger partial charge in [0.25, 0.3) is 0 Å². The van der Waals surface area contributed by atoms with E-state index in [4.69, 9.17) is 10.5 Å². The zero-order valence-corrected chi connectivity index (χ0v) is 8.73. The van der Waals surface area contributed by atoms with Gasteiger partial charge in [-0.2, -0.15) is 0 Å². The van der Waals surface area contributed by atoms with Gasteiger partial charge in [-0.3, -0.25) is 0 Å². The highest BCUT2D eigenvalue weighted by atomic mass is 35.5. The smallest absolute Gasteiger partial charge is 0.165 e. The van der Waals surface area contributed by atoms with Crippen LogP contribution < -0.4 is 10.5 Å². The van der Waals surface area contributed by atoms with Crippen LogP contribution in [0.5, 0.6) is 5.75 Å². The number of fused-ring (bicyclic) bond motifs is 1. The molecule has 0 amide bonds. The van der Waals surface area contributed by atoms with E-state index < -0.39 is 0 Å².